The summed E-state index contributed by atoms with van der Waals surface area (Å²) in [7, 11) is 1.63. The molecule has 31 heavy (non-hydrogen) atoms. The highest BCUT2D eigenvalue weighted by Crippen LogP contribution is 2.32. The summed E-state index contributed by atoms with van der Waals surface area (Å²) >= 11 is 1.41. The van der Waals surface area contributed by atoms with E-state index in [1.807, 2.05) is 68.4 Å². The molecule has 0 saturated heterocycles. The number of hydrogen-bond donors (Lipinski definition) is 1. The summed E-state index contributed by atoms with van der Waals surface area (Å²) in [6.07, 6.45) is 1.71. The number of nitrogens with zero attached hydrogens (tertiary/aromatic N) is 3. The van der Waals surface area contributed by atoms with Crippen molar-refractivity contribution in [3.63, 3.8) is 0 Å². The minimum atomic E-state index is -0.367. The summed E-state index contributed by atoms with van der Waals surface area (Å²) in [5.74, 6) is 0.836. The van der Waals surface area contributed by atoms with Crippen LogP contribution in [0.5, 0.6) is 11.5 Å². The molecule has 7 nitrogen and oxygen atoms in total. The number of anilines is 1. The zero-order valence-corrected chi connectivity index (χ0v) is 18.3. The van der Waals surface area contributed by atoms with Gasteiger partial charge in [-0.25, -0.2) is 9.67 Å². The Morgan fingerprint density at radius 3 is 2.55 bits per heavy atom. The first-order chi connectivity index (χ1) is 15.1. The minimum absolute atomic E-state index is 0.213. The predicted molar refractivity (Wildman–Crippen MR) is 122 cm³/mol. The van der Waals surface area contributed by atoms with Gasteiger partial charge in [-0.3, -0.25) is 10.1 Å². The van der Waals surface area contributed by atoms with Crippen LogP contribution in [-0.4, -0.2) is 34.4 Å². The molecule has 0 unspecified atom stereocenters. The van der Waals surface area contributed by atoms with Crippen LogP contribution in [0, 0.1) is 6.92 Å². The fraction of sp³-hybridized carbons (Fsp3) is 0.174. The number of carbonyl (C=O) groups is 1. The molecule has 4 rings (SSSR count). The van der Waals surface area contributed by atoms with Crippen LogP contribution in [0.3, 0.4) is 0 Å². The van der Waals surface area contributed by atoms with Crippen LogP contribution in [0.15, 0.2) is 60.8 Å². The number of aromatic nitrogens is 3. The lowest BCUT2D eigenvalue weighted by molar-refractivity contribution is 0.101. The van der Waals surface area contributed by atoms with Crippen LogP contribution < -0.4 is 14.8 Å². The highest BCUT2D eigenvalue weighted by molar-refractivity contribution is 7.16. The summed E-state index contributed by atoms with van der Waals surface area (Å²) in [4.78, 5) is 18.6. The van der Waals surface area contributed by atoms with Crippen LogP contribution >= 0.6 is 11.3 Å². The molecule has 0 saturated carbocycles. The third-order valence-corrected chi connectivity index (χ3v) is 5.48. The Kier molecular flexibility index (Phi) is 5.99. The summed E-state index contributed by atoms with van der Waals surface area (Å²) in [6.45, 7) is 4.27. The number of para-hydroxylation sites is 1. The van der Waals surface area contributed by atoms with Crippen molar-refractivity contribution in [3.8, 4) is 28.4 Å². The second kappa shape index (κ2) is 9.01. The Morgan fingerprint density at radius 1 is 1.13 bits per heavy atom. The Balaban J connectivity index is 1.59. The molecule has 8 heteroatoms. The number of rotatable bonds is 7. The fourth-order valence-electron chi connectivity index (χ4n) is 3.11. The average Bonchev–Trinajstić information content (AvgIpc) is 3.38. The van der Waals surface area contributed by atoms with Crippen molar-refractivity contribution < 1.29 is 14.3 Å². The second-order valence-corrected chi connectivity index (χ2v) is 7.86. The van der Waals surface area contributed by atoms with Gasteiger partial charge in [-0.1, -0.05) is 18.2 Å². The molecule has 0 aliphatic carbocycles. The molecular formula is C23H22N4O3S. The highest BCUT2D eigenvalue weighted by atomic mass is 32.1. The Labute approximate surface area is 184 Å². The molecule has 0 fully saturated rings. The van der Waals surface area contributed by atoms with Crippen LogP contribution in [0.25, 0.3) is 16.9 Å². The van der Waals surface area contributed by atoms with Crippen molar-refractivity contribution >= 4 is 22.4 Å². The first-order valence-corrected chi connectivity index (χ1v) is 10.6. The first-order valence-electron chi connectivity index (χ1n) is 9.80. The topological polar surface area (TPSA) is 78.3 Å². The molecule has 1 N–H and O–H groups in total. The molecule has 158 valence electrons. The van der Waals surface area contributed by atoms with Crippen LogP contribution in [0.2, 0.25) is 0 Å². The summed E-state index contributed by atoms with van der Waals surface area (Å²) < 4.78 is 12.5. The number of carbonyl (C=O) groups excluding carboxylic acids is 1. The second-order valence-electron chi connectivity index (χ2n) is 6.66. The third-order valence-electron chi connectivity index (χ3n) is 4.60. The molecular weight excluding hydrogens is 412 g/mol. The summed E-state index contributed by atoms with van der Waals surface area (Å²) in [5.41, 5.74) is 2.83. The van der Waals surface area contributed by atoms with Gasteiger partial charge in [-0.05, 0) is 50.2 Å². The molecule has 1 amide bonds. The van der Waals surface area contributed by atoms with Gasteiger partial charge in [0.05, 0.1) is 31.3 Å². The Morgan fingerprint density at radius 2 is 1.87 bits per heavy atom. The average molecular weight is 435 g/mol. The van der Waals surface area contributed by atoms with E-state index in [0.717, 1.165) is 27.6 Å². The van der Waals surface area contributed by atoms with E-state index in [-0.39, 0.29) is 11.6 Å². The molecule has 4 aromatic rings. The maximum absolute atomic E-state index is 13.0. The number of methoxy groups -OCH3 is 1. The standard InChI is InChI=1S/C23H22N4O3S/c1-4-30-19-14-27(17-8-6-5-7-9-17)26-21(19)22(28)25-23-24-20(15(2)31-23)16-10-12-18(29-3)13-11-16/h5-14H,4H2,1-3H3,(H,24,25,28). The highest BCUT2D eigenvalue weighted by Gasteiger charge is 2.21. The molecule has 0 aliphatic rings. The van der Waals surface area contributed by atoms with Crippen molar-refractivity contribution in [2.45, 2.75) is 13.8 Å². The quantitative estimate of drug-likeness (QED) is 0.445. The van der Waals surface area contributed by atoms with E-state index in [1.165, 1.54) is 11.3 Å². The molecule has 0 spiro atoms. The number of hydrogen-bond acceptors (Lipinski definition) is 6. The van der Waals surface area contributed by atoms with Gasteiger partial charge in [0.25, 0.3) is 5.91 Å². The Hall–Kier alpha value is -3.65. The zero-order chi connectivity index (χ0) is 21.8. The van der Waals surface area contributed by atoms with Gasteiger partial charge in [0, 0.05) is 10.4 Å². The van der Waals surface area contributed by atoms with Crippen LogP contribution in [-0.2, 0) is 0 Å². The summed E-state index contributed by atoms with van der Waals surface area (Å²) in [6, 6.07) is 17.2. The first kappa shape index (κ1) is 20.6. The van der Waals surface area contributed by atoms with E-state index in [4.69, 9.17) is 9.47 Å². The van der Waals surface area contributed by atoms with E-state index in [1.54, 1.807) is 18.0 Å². The van der Waals surface area contributed by atoms with Crippen molar-refractivity contribution in [2.75, 3.05) is 19.0 Å². The lowest BCUT2D eigenvalue weighted by Crippen LogP contribution is -2.14. The number of benzene rings is 2. The number of ether oxygens (including phenoxy) is 2. The number of amides is 1. The van der Waals surface area contributed by atoms with Gasteiger partial charge < -0.3 is 9.47 Å². The molecule has 2 aromatic carbocycles. The monoisotopic (exact) mass is 434 g/mol. The smallest absolute Gasteiger partial charge is 0.281 e. The summed E-state index contributed by atoms with van der Waals surface area (Å²) in [5, 5.41) is 7.81. The van der Waals surface area contributed by atoms with E-state index >= 15 is 0 Å². The van der Waals surface area contributed by atoms with E-state index in [0.29, 0.717) is 17.5 Å². The van der Waals surface area contributed by atoms with Gasteiger partial charge in [0.1, 0.15) is 5.75 Å². The van der Waals surface area contributed by atoms with Crippen molar-refractivity contribution in [1.29, 1.82) is 0 Å². The van der Waals surface area contributed by atoms with E-state index < -0.39 is 0 Å². The lowest BCUT2D eigenvalue weighted by Gasteiger charge is -2.03. The molecule has 2 aromatic heterocycles. The third kappa shape index (κ3) is 4.44. The molecule has 2 heterocycles. The van der Waals surface area contributed by atoms with E-state index in [2.05, 4.69) is 15.4 Å². The lowest BCUT2D eigenvalue weighted by atomic mass is 10.1. The minimum Gasteiger partial charge on any atom is -0.497 e. The van der Waals surface area contributed by atoms with Gasteiger partial charge in [0.15, 0.2) is 16.6 Å². The van der Waals surface area contributed by atoms with Gasteiger partial charge in [-0.15, -0.1) is 11.3 Å². The Bertz CT molecular complexity index is 1180. The van der Waals surface area contributed by atoms with Crippen molar-refractivity contribution in [2.24, 2.45) is 0 Å². The van der Waals surface area contributed by atoms with Crippen LogP contribution in [0.1, 0.15) is 22.3 Å². The number of thiazole rings is 1. The largest absolute Gasteiger partial charge is 0.497 e. The normalized spacial score (nSPS) is 10.7. The number of aryl methyl sites for hydroxylation is 1. The molecule has 0 bridgehead atoms. The van der Waals surface area contributed by atoms with Gasteiger partial charge in [-0.2, -0.15) is 5.10 Å². The van der Waals surface area contributed by atoms with Crippen molar-refractivity contribution in [3.05, 3.63) is 71.4 Å². The van der Waals surface area contributed by atoms with Crippen molar-refractivity contribution in [1.82, 2.24) is 14.8 Å². The predicted octanol–water partition coefficient (Wildman–Crippen LogP) is 4.96. The fourth-order valence-corrected chi connectivity index (χ4v) is 3.94. The SMILES string of the molecule is CCOc1cn(-c2ccccc2)nc1C(=O)Nc1nc(-c2ccc(OC)cc2)c(C)s1. The van der Waals surface area contributed by atoms with Gasteiger partial charge in [0.2, 0.25) is 0 Å². The molecule has 0 radical (unpaired) electrons. The van der Waals surface area contributed by atoms with Crippen LogP contribution in [0.4, 0.5) is 5.13 Å². The van der Waals surface area contributed by atoms with E-state index in [9.17, 15) is 4.79 Å². The maximum atomic E-state index is 13.0. The number of nitrogens with one attached hydrogen (secondary N) is 1. The maximum Gasteiger partial charge on any atom is 0.281 e. The molecule has 0 atom stereocenters. The molecule has 0 aliphatic heterocycles. The van der Waals surface area contributed by atoms with Gasteiger partial charge >= 0.3 is 0 Å². The zero-order valence-electron chi connectivity index (χ0n) is 17.5.